The van der Waals surface area contributed by atoms with Crippen LogP contribution in [0.25, 0.3) is 0 Å². The molecule has 1 aliphatic carbocycles. The van der Waals surface area contributed by atoms with E-state index in [9.17, 15) is 18.0 Å². The van der Waals surface area contributed by atoms with Gasteiger partial charge in [-0.2, -0.15) is 0 Å². The van der Waals surface area contributed by atoms with Gasteiger partial charge in [0, 0.05) is 18.2 Å². The molecule has 22 heavy (non-hydrogen) atoms. The zero-order chi connectivity index (χ0) is 15.9. The highest BCUT2D eigenvalue weighted by molar-refractivity contribution is 7.90. The number of benzene rings is 1. The number of sulfone groups is 1. The van der Waals surface area contributed by atoms with E-state index in [2.05, 4.69) is 0 Å². The van der Waals surface area contributed by atoms with Crippen LogP contribution in [0.4, 0.5) is 5.69 Å². The third kappa shape index (κ3) is 2.47. The third-order valence-corrected chi connectivity index (χ3v) is 5.31. The fourth-order valence-electron chi connectivity index (χ4n) is 3.13. The summed E-state index contributed by atoms with van der Waals surface area (Å²) in [5.41, 5.74) is 1.78. The van der Waals surface area contributed by atoms with Gasteiger partial charge in [0.1, 0.15) is 0 Å². The summed E-state index contributed by atoms with van der Waals surface area (Å²) in [6.07, 6.45) is 4.67. The highest BCUT2D eigenvalue weighted by Gasteiger charge is 2.36. The number of hydrogen-bond acceptors (Lipinski definition) is 4. The van der Waals surface area contributed by atoms with Gasteiger partial charge < -0.3 is 0 Å². The molecule has 116 valence electrons. The molecule has 0 radical (unpaired) electrons. The molecule has 3 rings (SSSR count). The molecule has 0 spiro atoms. The number of carbonyl (C=O) groups is 2. The molecule has 2 aliphatic rings. The first-order valence-corrected chi connectivity index (χ1v) is 9.16. The number of amides is 2. The average molecular weight is 319 g/mol. The number of imide groups is 1. The summed E-state index contributed by atoms with van der Waals surface area (Å²) in [5.74, 6) is -0.705. The quantitative estimate of drug-likeness (QED) is 0.784. The van der Waals surface area contributed by atoms with Crippen molar-refractivity contribution >= 4 is 27.3 Å². The lowest BCUT2D eigenvalue weighted by Gasteiger charge is -2.32. The molecule has 5 nitrogen and oxygen atoms in total. The van der Waals surface area contributed by atoms with Gasteiger partial charge in [-0.25, -0.2) is 13.3 Å². The molecule has 1 aliphatic heterocycles. The summed E-state index contributed by atoms with van der Waals surface area (Å²) in [6, 6.07) is 6.16. The summed E-state index contributed by atoms with van der Waals surface area (Å²) in [6.45, 7) is 0. The van der Waals surface area contributed by atoms with Crippen molar-refractivity contribution in [2.45, 2.75) is 37.0 Å². The minimum absolute atomic E-state index is 0.0107. The molecule has 1 aromatic rings. The number of rotatable bonds is 2. The Bertz CT molecular complexity index is 792. The van der Waals surface area contributed by atoms with Gasteiger partial charge in [0.15, 0.2) is 9.84 Å². The van der Waals surface area contributed by atoms with Gasteiger partial charge in [-0.05, 0) is 37.8 Å². The van der Waals surface area contributed by atoms with Crippen molar-refractivity contribution in [2.75, 3.05) is 11.2 Å². The molecule has 0 unspecified atom stereocenters. The molecule has 0 saturated carbocycles. The summed E-state index contributed by atoms with van der Waals surface area (Å²) in [4.78, 5) is 26.2. The summed E-state index contributed by atoms with van der Waals surface area (Å²) >= 11 is 0. The van der Waals surface area contributed by atoms with Crippen molar-refractivity contribution in [2.24, 2.45) is 0 Å². The van der Waals surface area contributed by atoms with E-state index in [0.717, 1.165) is 36.0 Å². The average Bonchev–Trinajstić information content (AvgIpc) is 2.47. The topological polar surface area (TPSA) is 71.5 Å². The van der Waals surface area contributed by atoms with E-state index in [-0.39, 0.29) is 28.8 Å². The van der Waals surface area contributed by atoms with Crippen molar-refractivity contribution in [1.29, 1.82) is 0 Å². The van der Waals surface area contributed by atoms with Crippen molar-refractivity contribution < 1.29 is 18.0 Å². The second-order valence-electron chi connectivity index (χ2n) is 5.74. The first-order valence-electron chi connectivity index (χ1n) is 7.27. The maximum Gasteiger partial charge on any atom is 0.260 e. The van der Waals surface area contributed by atoms with E-state index >= 15 is 0 Å². The summed E-state index contributed by atoms with van der Waals surface area (Å²) in [7, 11) is -3.52. The molecule has 6 heteroatoms. The van der Waals surface area contributed by atoms with Crippen LogP contribution < -0.4 is 4.90 Å². The first kappa shape index (κ1) is 15.0. The van der Waals surface area contributed by atoms with Crippen LogP contribution in [-0.2, 0) is 19.4 Å². The van der Waals surface area contributed by atoms with E-state index in [4.69, 9.17) is 0 Å². The number of anilines is 1. The normalized spacial score (nSPS) is 19.4. The lowest BCUT2D eigenvalue weighted by Crippen LogP contribution is -2.43. The molecule has 0 bridgehead atoms. The highest BCUT2D eigenvalue weighted by Crippen LogP contribution is 2.36. The molecule has 0 N–H and O–H groups in total. The molecule has 2 amide bonds. The maximum atomic E-state index is 12.7. The Morgan fingerprint density at radius 3 is 2.45 bits per heavy atom. The molecule has 0 saturated heterocycles. The standard InChI is InChI=1S/C16H17NO4S/c1-22(20,21)14-9-5-4-8-13(14)17-15(18)10-11-6-2-3-7-12(11)16(17)19/h4-5,8-9H,2-3,6-7,10H2,1H3. The smallest absolute Gasteiger partial charge is 0.260 e. The van der Waals surface area contributed by atoms with Crippen LogP contribution in [0.1, 0.15) is 32.1 Å². The van der Waals surface area contributed by atoms with Crippen LogP contribution in [0.3, 0.4) is 0 Å². The Kier molecular flexibility index (Phi) is 3.64. The van der Waals surface area contributed by atoms with Gasteiger partial charge in [-0.1, -0.05) is 17.7 Å². The molecular formula is C16H17NO4S. The molecule has 1 heterocycles. The number of nitrogens with zero attached hydrogens (tertiary/aromatic N) is 1. The van der Waals surface area contributed by atoms with Crippen LogP contribution in [0, 0.1) is 0 Å². The first-order chi connectivity index (χ1) is 10.4. The van der Waals surface area contributed by atoms with Crippen LogP contribution in [0.5, 0.6) is 0 Å². The van der Waals surface area contributed by atoms with E-state index in [1.807, 2.05) is 0 Å². The van der Waals surface area contributed by atoms with Gasteiger partial charge in [-0.3, -0.25) is 9.59 Å². The van der Waals surface area contributed by atoms with Crippen LogP contribution in [0.2, 0.25) is 0 Å². The predicted molar refractivity (Wildman–Crippen MR) is 82.2 cm³/mol. The SMILES string of the molecule is CS(=O)(=O)c1ccccc1N1C(=O)CC2=C(CCCC2)C1=O. The van der Waals surface area contributed by atoms with Gasteiger partial charge in [0.05, 0.1) is 10.6 Å². The van der Waals surface area contributed by atoms with Crippen LogP contribution in [-0.4, -0.2) is 26.5 Å². The van der Waals surface area contributed by atoms with Crippen molar-refractivity contribution in [3.05, 3.63) is 35.4 Å². The van der Waals surface area contributed by atoms with Crippen LogP contribution >= 0.6 is 0 Å². The second kappa shape index (κ2) is 5.35. The molecule has 1 aromatic carbocycles. The summed E-state index contributed by atoms with van der Waals surface area (Å²) < 4.78 is 23.9. The molecule has 0 aromatic heterocycles. The zero-order valence-electron chi connectivity index (χ0n) is 12.3. The fraction of sp³-hybridized carbons (Fsp3) is 0.375. The van der Waals surface area contributed by atoms with Gasteiger partial charge >= 0.3 is 0 Å². The number of para-hydroxylation sites is 1. The second-order valence-corrected chi connectivity index (χ2v) is 7.72. The lowest BCUT2D eigenvalue weighted by atomic mass is 9.86. The van der Waals surface area contributed by atoms with E-state index in [0.29, 0.717) is 12.0 Å². The van der Waals surface area contributed by atoms with Gasteiger partial charge in [0.25, 0.3) is 5.91 Å². The fourth-order valence-corrected chi connectivity index (χ4v) is 4.00. The van der Waals surface area contributed by atoms with Crippen molar-refractivity contribution in [1.82, 2.24) is 0 Å². The molecule has 0 atom stereocenters. The number of carbonyl (C=O) groups excluding carboxylic acids is 2. The van der Waals surface area contributed by atoms with Gasteiger partial charge in [0.2, 0.25) is 5.91 Å². The predicted octanol–water partition coefficient (Wildman–Crippen LogP) is 2.22. The van der Waals surface area contributed by atoms with Crippen molar-refractivity contribution in [3.63, 3.8) is 0 Å². The highest BCUT2D eigenvalue weighted by atomic mass is 32.2. The molecule has 0 fully saturated rings. The minimum Gasteiger partial charge on any atom is -0.274 e. The molecular weight excluding hydrogens is 302 g/mol. The van der Waals surface area contributed by atoms with Crippen molar-refractivity contribution in [3.8, 4) is 0 Å². The third-order valence-electron chi connectivity index (χ3n) is 4.16. The largest absolute Gasteiger partial charge is 0.274 e. The van der Waals surface area contributed by atoms with Gasteiger partial charge in [-0.15, -0.1) is 0 Å². The Morgan fingerprint density at radius 1 is 1.05 bits per heavy atom. The van der Waals surface area contributed by atoms with E-state index < -0.39 is 9.84 Å². The Morgan fingerprint density at radius 2 is 1.73 bits per heavy atom. The van der Waals surface area contributed by atoms with E-state index in [1.54, 1.807) is 12.1 Å². The van der Waals surface area contributed by atoms with Crippen LogP contribution in [0.15, 0.2) is 40.3 Å². The Labute approximate surface area is 129 Å². The van der Waals surface area contributed by atoms with E-state index in [1.165, 1.54) is 12.1 Å². The monoisotopic (exact) mass is 319 g/mol. The Balaban J connectivity index is 2.12. The Hall–Kier alpha value is -1.95. The lowest BCUT2D eigenvalue weighted by molar-refractivity contribution is -0.125. The number of hydrogen-bond donors (Lipinski definition) is 0. The zero-order valence-corrected chi connectivity index (χ0v) is 13.1. The minimum atomic E-state index is -3.52. The summed E-state index contributed by atoms with van der Waals surface area (Å²) in [5, 5.41) is 0. The maximum absolute atomic E-state index is 12.7.